The number of urea groups is 1. The number of amides is 3. The molecule has 3 N–H and O–H groups in total. The topological polar surface area (TPSA) is 70.2 Å². The third kappa shape index (κ3) is 5.12. The van der Waals surface area contributed by atoms with Crippen LogP contribution in [0.3, 0.4) is 0 Å². The van der Waals surface area contributed by atoms with Crippen LogP contribution in [0.2, 0.25) is 0 Å². The van der Waals surface area contributed by atoms with Gasteiger partial charge in [-0.25, -0.2) is 4.79 Å². The highest BCUT2D eigenvalue weighted by atomic mass is 16.2. The minimum Gasteiger partial charge on any atom is -0.326 e. The van der Waals surface area contributed by atoms with Gasteiger partial charge in [0.2, 0.25) is 5.91 Å². The molecule has 0 saturated carbocycles. The summed E-state index contributed by atoms with van der Waals surface area (Å²) in [5.41, 5.74) is 3.35. The SMILES string of the molecule is CC(=O)Nc1ccc(NC(=O)Nc2ccc(C(C)(C)C)cc2)cc1. The second kappa shape index (κ2) is 7.17. The lowest BCUT2D eigenvalue weighted by Gasteiger charge is -2.19. The molecule has 0 aliphatic rings. The molecule has 0 aliphatic heterocycles. The highest BCUT2D eigenvalue weighted by Crippen LogP contribution is 2.23. The smallest absolute Gasteiger partial charge is 0.323 e. The Balaban J connectivity index is 1.94. The summed E-state index contributed by atoms with van der Waals surface area (Å²) < 4.78 is 0. The lowest BCUT2D eigenvalue weighted by Crippen LogP contribution is -2.19. The van der Waals surface area contributed by atoms with Crippen molar-refractivity contribution in [3.05, 3.63) is 54.1 Å². The van der Waals surface area contributed by atoms with Crippen LogP contribution in [-0.4, -0.2) is 11.9 Å². The van der Waals surface area contributed by atoms with Crippen molar-refractivity contribution in [2.45, 2.75) is 33.1 Å². The van der Waals surface area contributed by atoms with E-state index in [1.807, 2.05) is 24.3 Å². The molecule has 0 radical (unpaired) electrons. The molecule has 2 aromatic rings. The summed E-state index contributed by atoms with van der Waals surface area (Å²) in [5, 5.41) is 8.22. The van der Waals surface area contributed by atoms with Crippen LogP contribution in [0.4, 0.5) is 21.9 Å². The fourth-order valence-electron chi connectivity index (χ4n) is 2.19. The first-order valence-corrected chi connectivity index (χ1v) is 7.80. The summed E-state index contributed by atoms with van der Waals surface area (Å²) in [4.78, 5) is 23.0. The number of carbonyl (C=O) groups excluding carboxylic acids is 2. The van der Waals surface area contributed by atoms with E-state index in [1.54, 1.807) is 24.3 Å². The van der Waals surface area contributed by atoms with E-state index in [4.69, 9.17) is 0 Å². The van der Waals surface area contributed by atoms with Crippen LogP contribution >= 0.6 is 0 Å². The summed E-state index contributed by atoms with van der Waals surface area (Å²) in [7, 11) is 0. The molecule has 126 valence electrons. The van der Waals surface area contributed by atoms with E-state index in [1.165, 1.54) is 12.5 Å². The van der Waals surface area contributed by atoms with E-state index in [0.29, 0.717) is 11.4 Å². The van der Waals surface area contributed by atoms with E-state index in [-0.39, 0.29) is 17.4 Å². The Morgan fingerprint density at radius 3 is 1.46 bits per heavy atom. The molecule has 5 nitrogen and oxygen atoms in total. The second-order valence-corrected chi connectivity index (χ2v) is 6.67. The van der Waals surface area contributed by atoms with Gasteiger partial charge in [0.15, 0.2) is 0 Å². The van der Waals surface area contributed by atoms with Crippen molar-refractivity contribution in [2.24, 2.45) is 0 Å². The van der Waals surface area contributed by atoms with Crippen LogP contribution in [0.5, 0.6) is 0 Å². The number of hydrogen-bond acceptors (Lipinski definition) is 2. The number of anilines is 3. The average Bonchev–Trinajstić information content (AvgIpc) is 2.48. The minimum absolute atomic E-state index is 0.0798. The molecular weight excluding hydrogens is 302 g/mol. The molecule has 0 fully saturated rings. The Morgan fingerprint density at radius 2 is 1.08 bits per heavy atom. The lowest BCUT2D eigenvalue weighted by atomic mass is 9.87. The van der Waals surface area contributed by atoms with Crippen molar-refractivity contribution in [1.29, 1.82) is 0 Å². The van der Waals surface area contributed by atoms with Crippen molar-refractivity contribution in [3.8, 4) is 0 Å². The molecule has 0 atom stereocenters. The molecule has 2 aromatic carbocycles. The van der Waals surface area contributed by atoms with Crippen molar-refractivity contribution >= 4 is 29.0 Å². The molecule has 24 heavy (non-hydrogen) atoms. The zero-order valence-corrected chi connectivity index (χ0v) is 14.4. The van der Waals surface area contributed by atoms with Gasteiger partial charge in [-0.1, -0.05) is 32.9 Å². The van der Waals surface area contributed by atoms with E-state index in [0.717, 1.165) is 5.69 Å². The van der Waals surface area contributed by atoms with Gasteiger partial charge in [-0.05, 0) is 47.4 Å². The van der Waals surface area contributed by atoms with E-state index in [9.17, 15) is 9.59 Å². The molecule has 5 heteroatoms. The maximum atomic E-state index is 12.0. The Bertz CT molecular complexity index is 714. The van der Waals surface area contributed by atoms with E-state index in [2.05, 4.69) is 36.7 Å². The normalized spacial score (nSPS) is 10.8. The summed E-state index contributed by atoms with van der Waals surface area (Å²) in [6, 6.07) is 14.4. The first-order chi connectivity index (χ1) is 11.2. The fraction of sp³-hybridized carbons (Fsp3) is 0.263. The van der Waals surface area contributed by atoms with Crippen molar-refractivity contribution < 1.29 is 9.59 Å². The predicted molar refractivity (Wildman–Crippen MR) is 98.5 cm³/mol. The van der Waals surface area contributed by atoms with Gasteiger partial charge in [-0.2, -0.15) is 0 Å². The molecule has 0 bridgehead atoms. The number of carbonyl (C=O) groups is 2. The van der Waals surface area contributed by atoms with E-state index >= 15 is 0 Å². The van der Waals surface area contributed by atoms with Crippen molar-refractivity contribution in [2.75, 3.05) is 16.0 Å². The Kier molecular flexibility index (Phi) is 5.24. The minimum atomic E-state index is -0.314. The van der Waals surface area contributed by atoms with Crippen molar-refractivity contribution in [1.82, 2.24) is 0 Å². The van der Waals surface area contributed by atoms with Gasteiger partial charge < -0.3 is 16.0 Å². The van der Waals surface area contributed by atoms with Gasteiger partial charge in [0, 0.05) is 24.0 Å². The largest absolute Gasteiger partial charge is 0.326 e. The van der Waals surface area contributed by atoms with E-state index < -0.39 is 0 Å². The maximum absolute atomic E-state index is 12.0. The van der Waals surface area contributed by atoms with Gasteiger partial charge in [-0.3, -0.25) is 4.79 Å². The van der Waals surface area contributed by atoms with Gasteiger partial charge in [0.25, 0.3) is 0 Å². The number of hydrogen-bond donors (Lipinski definition) is 3. The molecule has 0 aromatic heterocycles. The van der Waals surface area contributed by atoms with Crippen LogP contribution in [-0.2, 0) is 10.2 Å². The van der Waals surface area contributed by atoms with Crippen LogP contribution in [0.1, 0.15) is 33.3 Å². The first-order valence-electron chi connectivity index (χ1n) is 7.80. The highest BCUT2D eigenvalue weighted by Gasteiger charge is 2.13. The van der Waals surface area contributed by atoms with Crippen LogP contribution in [0.25, 0.3) is 0 Å². The molecule has 0 heterocycles. The number of nitrogens with one attached hydrogen (secondary N) is 3. The molecule has 0 saturated heterocycles. The summed E-state index contributed by atoms with van der Waals surface area (Å²) in [6.45, 7) is 7.89. The van der Waals surface area contributed by atoms with Gasteiger partial charge in [0.05, 0.1) is 0 Å². The monoisotopic (exact) mass is 325 g/mol. The van der Waals surface area contributed by atoms with Gasteiger partial charge in [0.1, 0.15) is 0 Å². The van der Waals surface area contributed by atoms with Crippen LogP contribution in [0, 0.1) is 0 Å². The lowest BCUT2D eigenvalue weighted by molar-refractivity contribution is -0.114. The quantitative estimate of drug-likeness (QED) is 0.772. The Morgan fingerprint density at radius 1 is 0.708 bits per heavy atom. The zero-order chi connectivity index (χ0) is 17.7. The molecule has 0 aliphatic carbocycles. The summed E-state index contributed by atoms with van der Waals surface area (Å²) in [6.07, 6.45) is 0. The Labute approximate surface area is 142 Å². The van der Waals surface area contributed by atoms with Gasteiger partial charge in [-0.15, -0.1) is 0 Å². The Hall–Kier alpha value is -2.82. The third-order valence-corrected chi connectivity index (χ3v) is 3.47. The number of benzene rings is 2. The number of rotatable bonds is 3. The standard InChI is InChI=1S/C19H23N3O2/c1-13(23)20-15-9-11-17(12-10-15)22-18(24)21-16-7-5-14(6-8-16)19(2,3)4/h5-12H,1-4H3,(H,20,23)(H2,21,22,24). The maximum Gasteiger partial charge on any atom is 0.323 e. The van der Waals surface area contributed by atoms with Gasteiger partial charge >= 0.3 is 6.03 Å². The first kappa shape index (κ1) is 17.5. The summed E-state index contributed by atoms with van der Waals surface area (Å²) in [5.74, 6) is -0.132. The molecule has 0 unspecified atom stereocenters. The fourth-order valence-corrected chi connectivity index (χ4v) is 2.19. The molecule has 3 amide bonds. The third-order valence-electron chi connectivity index (χ3n) is 3.47. The zero-order valence-electron chi connectivity index (χ0n) is 14.4. The molecule has 2 rings (SSSR count). The molecular formula is C19H23N3O2. The van der Waals surface area contributed by atoms with Crippen LogP contribution in [0.15, 0.2) is 48.5 Å². The van der Waals surface area contributed by atoms with Crippen molar-refractivity contribution in [3.63, 3.8) is 0 Å². The summed E-state index contributed by atoms with van der Waals surface area (Å²) >= 11 is 0. The second-order valence-electron chi connectivity index (χ2n) is 6.67. The highest BCUT2D eigenvalue weighted by molar-refractivity contribution is 6.00. The predicted octanol–water partition coefficient (Wildman–Crippen LogP) is 4.59. The molecule has 0 spiro atoms. The average molecular weight is 325 g/mol. The van der Waals surface area contributed by atoms with Crippen LogP contribution < -0.4 is 16.0 Å².